The topological polar surface area (TPSA) is 67.6 Å². The fourth-order valence-electron chi connectivity index (χ4n) is 3.71. The third kappa shape index (κ3) is 4.31. The van der Waals surface area contributed by atoms with Crippen LogP contribution in [-0.2, 0) is 16.1 Å². The Labute approximate surface area is 154 Å². The molecule has 0 spiro atoms. The van der Waals surface area contributed by atoms with Crippen molar-refractivity contribution in [3.63, 3.8) is 0 Å². The van der Waals surface area contributed by atoms with Crippen molar-refractivity contribution in [3.05, 3.63) is 52.8 Å². The van der Waals surface area contributed by atoms with E-state index in [9.17, 15) is 4.79 Å². The van der Waals surface area contributed by atoms with E-state index in [2.05, 4.69) is 28.6 Å². The minimum Gasteiger partial charge on any atom is -0.481 e. The summed E-state index contributed by atoms with van der Waals surface area (Å²) in [4.78, 5) is 13.2. The second-order valence-corrected chi connectivity index (χ2v) is 6.85. The normalized spacial score (nSPS) is 18.2. The standard InChI is InChI=1S/C20H27N3O3/c1-15-20(16(2)23(21-15)13-17-7-4-3-5-8-17)18-14-26-12-11-22(18)10-6-9-19(24)25/h3-5,7-8,18H,6,9-14H2,1-2H3,(H,24,25). The van der Waals surface area contributed by atoms with Crippen molar-refractivity contribution >= 4 is 5.97 Å². The van der Waals surface area contributed by atoms with E-state index in [1.807, 2.05) is 25.1 Å². The molecule has 0 amide bonds. The number of hydrogen-bond acceptors (Lipinski definition) is 4. The smallest absolute Gasteiger partial charge is 0.303 e. The van der Waals surface area contributed by atoms with Crippen LogP contribution < -0.4 is 0 Å². The molecule has 0 saturated carbocycles. The van der Waals surface area contributed by atoms with Gasteiger partial charge in [0.15, 0.2) is 0 Å². The van der Waals surface area contributed by atoms with E-state index in [0.29, 0.717) is 19.6 Å². The number of morpholine rings is 1. The van der Waals surface area contributed by atoms with Gasteiger partial charge in [0.25, 0.3) is 0 Å². The van der Waals surface area contributed by atoms with E-state index in [4.69, 9.17) is 14.9 Å². The SMILES string of the molecule is Cc1nn(Cc2ccccc2)c(C)c1C1COCCN1CCCC(=O)O. The number of carbonyl (C=O) groups is 1. The van der Waals surface area contributed by atoms with Gasteiger partial charge in [-0.25, -0.2) is 0 Å². The first kappa shape index (κ1) is 18.6. The molecule has 140 valence electrons. The fraction of sp³-hybridized carbons (Fsp3) is 0.500. The Hall–Kier alpha value is -2.18. The summed E-state index contributed by atoms with van der Waals surface area (Å²) in [7, 11) is 0. The molecule has 26 heavy (non-hydrogen) atoms. The van der Waals surface area contributed by atoms with Crippen molar-refractivity contribution in [1.82, 2.24) is 14.7 Å². The highest BCUT2D eigenvalue weighted by Crippen LogP contribution is 2.30. The molecule has 1 N–H and O–H groups in total. The van der Waals surface area contributed by atoms with Crippen molar-refractivity contribution in [2.45, 2.75) is 39.3 Å². The number of carboxylic acids is 1. The highest BCUT2D eigenvalue weighted by atomic mass is 16.5. The molecule has 1 aromatic heterocycles. The second kappa shape index (κ2) is 8.47. The Morgan fingerprint density at radius 2 is 2.08 bits per heavy atom. The number of carboxylic acid groups (broad SMARTS) is 1. The Balaban J connectivity index is 1.79. The molecule has 1 aromatic carbocycles. The van der Waals surface area contributed by atoms with Gasteiger partial charge in [0.05, 0.1) is 31.5 Å². The summed E-state index contributed by atoms with van der Waals surface area (Å²) >= 11 is 0. The van der Waals surface area contributed by atoms with Crippen LogP contribution in [0.2, 0.25) is 0 Å². The maximum atomic E-state index is 10.8. The van der Waals surface area contributed by atoms with E-state index in [1.165, 1.54) is 11.1 Å². The maximum absolute atomic E-state index is 10.8. The molecule has 1 fully saturated rings. The van der Waals surface area contributed by atoms with Crippen LogP contribution in [0.3, 0.4) is 0 Å². The summed E-state index contributed by atoms with van der Waals surface area (Å²) in [6, 6.07) is 10.5. The van der Waals surface area contributed by atoms with E-state index >= 15 is 0 Å². The van der Waals surface area contributed by atoms with Crippen LogP contribution in [-0.4, -0.2) is 52.1 Å². The molecule has 3 rings (SSSR count). The molecule has 0 radical (unpaired) electrons. The summed E-state index contributed by atoms with van der Waals surface area (Å²) in [5, 5.41) is 13.7. The molecule has 1 unspecified atom stereocenters. The monoisotopic (exact) mass is 357 g/mol. The maximum Gasteiger partial charge on any atom is 0.303 e. The first-order chi connectivity index (χ1) is 12.6. The lowest BCUT2D eigenvalue weighted by atomic mass is 10.0. The van der Waals surface area contributed by atoms with Crippen LogP contribution in [0.25, 0.3) is 0 Å². The predicted octanol–water partition coefficient (Wildman–Crippen LogP) is 2.79. The minimum atomic E-state index is -0.738. The van der Waals surface area contributed by atoms with Gasteiger partial charge in [-0.1, -0.05) is 30.3 Å². The van der Waals surface area contributed by atoms with Gasteiger partial charge < -0.3 is 9.84 Å². The van der Waals surface area contributed by atoms with Gasteiger partial charge in [0.1, 0.15) is 0 Å². The number of aromatic nitrogens is 2. The largest absolute Gasteiger partial charge is 0.481 e. The van der Waals surface area contributed by atoms with Crippen LogP contribution in [0.4, 0.5) is 0 Å². The van der Waals surface area contributed by atoms with E-state index in [1.54, 1.807) is 0 Å². The number of aliphatic carboxylic acids is 1. The van der Waals surface area contributed by atoms with Gasteiger partial charge in [-0.2, -0.15) is 5.10 Å². The molecule has 6 heteroatoms. The number of rotatable bonds is 7. The van der Waals surface area contributed by atoms with Crippen LogP contribution in [0.1, 0.15) is 41.4 Å². The molecule has 1 aliphatic heterocycles. The summed E-state index contributed by atoms with van der Waals surface area (Å²) in [5.74, 6) is -0.738. The fourth-order valence-corrected chi connectivity index (χ4v) is 3.71. The Morgan fingerprint density at radius 3 is 2.81 bits per heavy atom. The van der Waals surface area contributed by atoms with Crippen LogP contribution >= 0.6 is 0 Å². The van der Waals surface area contributed by atoms with Gasteiger partial charge in [-0.05, 0) is 32.4 Å². The first-order valence-corrected chi connectivity index (χ1v) is 9.17. The highest BCUT2D eigenvalue weighted by molar-refractivity contribution is 5.66. The zero-order valence-corrected chi connectivity index (χ0v) is 15.5. The van der Waals surface area contributed by atoms with Gasteiger partial charge in [0.2, 0.25) is 0 Å². The van der Waals surface area contributed by atoms with Gasteiger partial charge in [0, 0.05) is 24.2 Å². The average Bonchev–Trinajstić information content (AvgIpc) is 2.90. The zero-order chi connectivity index (χ0) is 18.5. The van der Waals surface area contributed by atoms with E-state index in [-0.39, 0.29) is 12.5 Å². The summed E-state index contributed by atoms with van der Waals surface area (Å²) < 4.78 is 7.80. The van der Waals surface area contributed by atoms with E-state index in [0.717, 1.165) is 31.0 Å². The molecule has 1 aliphatic rings. The van der Waals surface area contributed by atoms with Crippen LogP contribution in [0.5, 0.6) is 0 Å². The molecule has 0 bridgehead atoms. The van der Waals surface area contributed by atoms with Crippen molar-refractivity contribution in [3.8, 4) is 0 Å². The lowest BCUT2D eigenvalue weighted by Gasteiger charge is -2.36. The molecular formula is C20H27N3O3. The van der Waals surface area contributed by atoms with E-state index < -0.39 is 5.97 Å². The predicted molar refractivity (Wildman–Crippen MR) is 99.2 cm³/mol. The Morgan fingerprint density at radius 1 is 1.31 bits per heavy atom. The number of aryl methyl sites for hydroxylation is 1. The van der Waals surface area contributed by atoms with Crippen molar-refractivity contribution in [2.24, 2.45) is 0 Å². The summed E-state index contributed by atoms with van der Waals surface area (Å²) in [6.45, 7) is 7.83. The quantitative estimate of drug-likeness (QED) is 0.825. The van der Waals surface area contributed by atoms with Crippen LogP contribution in [0, 0.1) is 13.8 Å². The lowest BCUT2D eigenvalue weighted by Crippen LogP contribution is -2.40. The third-order valence-corrected chi connectivity index (χ3v) is 5.02. The molecule has 2 heterocycles. The Bertz CT molecular complexity index is 742. The van der Waals surface area contributed by atoms with Crippen molar-refractivity contribution in [2.75, 3.05) is 26.3 Å². The zero-order valence-electron chi connectivity index (χ0n) is 15.5. The molecular weight excluding hydrogens is 330 g/mol. The summed E-state index contributed by atoms with van der Waals surface area (Å²) in [6.07, 6.45) is 0.859. The van der Waals surface area contributed by atoms with Crippen LogP contribution in [0.15, 0.2) is 30.3 Å². The number of benzene rings is 1. The van der Waals surface area contributed by atoms with Crippen molar-refractivity contribution in [1.29, 1.82) is 0 Å². The highest BCUT2D eigenvalue weighted by Gasteiger charge is 2.29. The van der Waals surface area contributed by atoms with Gasteiger partial charge >= 0.3 is 5.97 Å². The summed E-state index contributed by atoms with van der Waals surface area (Å²) in [5.41, 5.74) is 4.63. The second-order valence-electron chi connectivity index (χ2n) is 6.85. The molecule has 1 saturated heterocycles. The van der Waals surface area contributed by atoms with Crippen molar-refractivity contribution < 1.29 is 14.6 Å². The number of ether oxygens (including phenoxy) is 1. The number of hydrogen-bond donors (Lipinski definition) is 1. The lowest BCUT2D eigenvalue weighted by molar-refractivity contribution is -0.137. The Kier molecular flexibility index (Phi) is 6.06. The third-order valence-electron chi connectivity index (χ3n) is 5.02. The number of nitrogens with zero attached hydrogens (tertiary/aromatic N) is 3. The molecule has 1 atom stereocenters. The van der Waals surface area contributed by atoms with Gasteiger partial charge in [-0.15, -0.1) is 0 Å². The minimum absolute atomic E-state index is 0.141. The average molecular weight is 357 g/mol. The molecule has 2 aromatic rings. The molecule has 6 nitrogen and oxygen atoms in total. The van der Waals surface area contributed by atoms with Gasteiger partial charge in [-0.3, -0.25) is 14.4 Å². The first-order valence-electron chi connectivity index (χ1n) is 9.17. The molecule has 0 aliphatic carbocycles.